The number of anilines is 2. The molecule has 3 N–H and O–H groups in total. The molecule has 24 heavy (non-hydrogen) atoms. The van der Waals surface area contributed by atoms with E-state index in [1.165, 1.54) is 24.3 Å². The van der Waals surface area contributed by atoms with Gasteiger partial charge in [-0.05, 0) is 48.5 Å². The fraction of sp³-hybridized carbons (Fsp3) is 0. The first-order valence-electron chi connectivity index (χ1n) is 7.05. The molecule has 0 spiro atoms. The van der Waals surface area contributed by atoms with Gasteiger partial charge >= 0.3 is 0 Å². The van der Waals surface area contributed by atoms with E-state index in [9.17, 15) is 14.0 Å². The van der Waals surface area contributed by atoms with E-state index < -0.39 is 5.91 Å². The summed E-state index contributed by atoms with van der Waals surface area (Å²) in [4.78, 5) is 23.8. The van der Waals surface area contributed by atoms with E-state index in [-0.39, 0.29) is 17.4 Å². The zero-order valence-electron chi connectivity index (χ0n) is 12.5. The number of amides is 2. The predicted octanol–water partition coefficient (Wildman–Crippen LogP) is 3.08. The van der Waals surface area contributed by atoms with Crippen molar-refractivity contribution >= 4 is 34.1 Å². The topological polar surface area (TPSA) is 86.9 Å². The summed E-state index contributed by atoms with van der Waals surface area (Å²) in [6.07, 6.45) is 1.15. The Balaban J connectivity index is 1.89. The molecule has 0 aliphatic heterocycles. The number of aromatic nitrogens is 2. The standard InChI is InChI=1S/C17H13FN4O2/c1-2-15(23)19-12-7-8-14-13(9-12)16(22-21-14)17(24)20-11-5-3-10(18)4-6-11/h2-9H,1H2,(H,19,23)(H,20,24)(H,21,22). The van der Waals surface area contributed by atoms with Crippen LogP contribution in [0.2, 0.25) is 0 Å². The molecule has 0 aliphatic rings. The van der Waals surface area contributed by atoms with Crippen LogP contribution in [0.25, 0.3) is 10.9 Å². The van der Waals surface area contributed by atoms with Crippen molar-refractivity contribution in [3.8, 4) is 0 Å². The van der Waals surface area contributed by atoms with Gasteiger partial charge in [0.2, 0.25) is 5.91 Å². The summed E-state index contributed by atoms with van der Waals surface area (Å²) >= 11 is 0. The molecule has 1 heterocycles. The van der Waals surface area contributed by atoms with Crippen molar-refractivity contribution in [3.63, 3.8) is 0 Å². The highest BCUT2D eigenvalue weighted by atomic mass is 19.1. The van der Waals surface area contributed by atoms with Crippen molar-refractivity contribution in [1.29, 1.82) is 0 Å². The summed E-state index contributed by atoms with van der Waals surface area (Å²) in [6.45, 7) is 3.39. The second-order valence-corrected chi connectivity index (χ2v) is 4.99. The SMILES string of the molecule is C=CC(=O)Nc1ccc2[nH]nc(C(=O)Nc3ccc(F)cc3)c2c1. The molecule has 2 aromatic carbocycles. The summed E-state index contributed by atoms with van der Waals surface area (Å²) in [7, 11) is 0. The lowest BCUT2D eigenvalue weighted by atomic mass is 10.1. The number of rotatable bonds is 4. The van der Waals surface area contributed by atoms with Crippen molar-refractivity contribution in [3.05, 3.63) is 66.6 Å². The molecule has 0 atom stereocenters. The molecule has 1 aromatic heterocycles. The number of nitrogens with one attached hydrogen (secondary N) is 3. The van der Waals surface area contributed by atoms with Crippen LogP contribution in [0, 0.1) is 5.82 Å². The van der Waals surface area contributed by atoms with Crippen molar-refractivity contribution in [2.75, 3.05) is 10.6 Å². The highest BCUT2D eigenvalue weighted by Gasteiger charge is 2.15. The number of hydrogen-bond acceptors (Lipinski definition) is 3. The number of benzene rings is 2. The Bertz CT molecular complexity index is 931. The van der Waals surface area contributed by atoms with Gasteiger partial charge in [0.25, 0.3) is 5.91 Å². The van der Waals surface area contributed by atoms with Crippen LogP contribution in [0.4, 0.5) is 15.8 Å². The Morgan fingerprint density at radius 3 is 2.50 bits per heavy atom. The Hall–Kier alpha value is -3.48. The maximum absolute atomic E-state index is 12.9. The summed E-state index contributed by atoms with van der Waals surface area (Å²) in [5.74, 6) is -1.18. The molecule has 0 saturated heterocycles. The van der Waals surface area contributed by atoms with Gasteiger partial charge in [-0.25, -0.2) is 4.39 Å². The van der Waals surface area contributed by atoms with E-state index in [1.54, 1.807) is 18.2 Å². The lowest BCUT2D eigenvalue weighted by molar-refractivity contribution is -0.111. The Morgan fingerprint density at radius 1 is 1.08 bits per heavy atom. The van der Waals surface area contributed by atoms with Crippen molar-refractivity contribution in [2.45, 2.75) is 0 Å². The summed E-state index contributed by atoms with van der Waals surface area (Å²) < 4.78 is 12.9. The van der Waals surface area contributed by atoms with Gasteiger partial charge in [-0.15, -0.1) is 0 Å². The Kier molecular flexibility index (Phi) is 4.07. The first-order chi connectivity index (χ1) is 11.6. The van der Waals surface area contributed by atoms with E-state index in [0.717, 1.165) is 6.08 Å². The Labute approximate surface area is 136 Å². The third-order valence-corrected chi connectivity index (χ3v) is 3.33. The number of halogens is 1. The van der Waals surface area contributed by atoms with E-state index in [2.05, 4.69) is 27.4 Å². The highest BCUT2D eigenvalue weighted by molar-refractivity contribution is 6.12. The number of carbonyl (C=O) groups excluding carboxylic acids is 2. The number of aromatic amines is 1. The molecule has 120 valence electrons. The van der Waals surface area contributed by atoms with Crippen LogP contribution in [0.3, 0.4) is 0 Å². The average molecular weight is 324 g/mol. The van der Waals surface area contributed by atoms with Gasteiger partial charge in [0.1, 0.15) is 5.82 Å². The molecule has 0 fully saturated rings. The monoisotopic (exact) mass is 324 g/mol. The second kappa shape index (κ2) is 6.33. The normalized spacial score (nSPS) is 10.4. The van der Waals surface area contributed by atoms with Gasteiger partial charge in [-0.3, -0.25) is 14.7 Å². The first kappa shape index (κ1) is 15.4. The van der Waals surface area contributed by atoms with Crippen LogP contribution in [-0.2, 0) is 4.79 Å². The van der Waals surface area contributed by atoms with Crippen molar-refractivity contribution in [1.82, 2.24) is 10.2 Å². The van der Waals surface area contributed by atoms with E-state index in [4.69, 9.17) is 0 Å². The smallest absolute Gasteiger partial charge is 0.276 e. The predicted molar refractivity (Wildman–Crippen MR) is 89.3 cm³/mol. The fourth-order valence-electron chi connectivity index (χ4n) is 2.18. The van der Waals surface area contributed by atoms with Gasteiger partial charge < -0.3 is 10.6 Å². The third kappa shape index (κ3) is 3.14. The fourth-order valence-corrected chi connectivity index (χ4v) is 2.18. The van der Waals surface area contributed by atoms with Crippen molar-refractivity contribution in [2.24, 2.45) is 0 Å². The molecule has 7 heteroatoms. The number of fused-ring (bicyclic) bond motifs is 1. The Morgan fingerprint density at radius 2 is 1.79 bits per heavy atom. The highest BCUT2D eigenvalue weighted by Crippen LogP contribution is 2.22. The second-order valence-electron chi connectivity index (χ2n) is 4.99. The van der Waals surface area contributed by atoms with Crippen LogP contribution < -0.4 is 10.6 Å². The molecule has 0 bridgehead atoms. The molecule has 0 unspecified atom stereocenters. The van der Waals surface area contributed by atoms with Crippen molar-refractivity contribution < 1.29 is 14.0 Å². The van der Waals surface area contributed by atoms with Gasteiger partial charge in [-0.2, -0.15) is 5.10 Å². The summed E-state index contributed by atoms with van der Waals surface area (Å²) in [5.41, 5.74) is 1.79. The third-order valence-electron chi connectivity index (χ3n) is 3.33. The van der Waals surface area contributed by atoms with Gasteiger partial charge in [0, 0.05) is 16.8 Å². The lowest BCUT2D eigenvalue weighted by Gasteiger charge is -2.04. The van der Waals surface area contributed by atoms with E-state index in [0.29, 0.717) is 22.3 Å². The first-order valence-corrected chi connectivity index (χ1v) is 7.05. The minimum Gasteiger partial charge on any atom is -0.323 e. The number of hydrogen-bond donors (Lipinski definition) is 3. The molecular weight excluding hydrogens is 311 g/mol. The lowest BCUT2D eigenvalue weighted by Crippen LogP contribution is -2.13. The van der Waals surface area contributed by atoms with Crippen LogP contribution >= 0.6 is 0 Å². The largest absolute Gasteiger partial charge is 0.323 e. The quantitative estimate of drug-likeness (QED) is 0.645. The minimum atomic E-state index is -0.444. The maximum Gasteiger partial charge on any atom is 0.276 e. The number of carbonyl (C=O) groups is 2. The van der Waals surface area contributed by atoms with Crippen LogP contribution in [0.1, 0.15) is 10.5 Å². The molecule has 0 saturated carbocycles. The van der Waals surface area contributed by atoms with Crippen LogP contribution in [-0.4, -0.2) is 22.0 Å². The van der Waals surface area contributed by atoms with Gasteiger partial charge in [0.05, 0.1) is 5.52 Å². The molecule has 0 aliphatic carbocycles. The minimum absolute atomic E-state index is 0.170. The molecule has 6 nitrogen and oxygen atoms in total. The van der Waals surface area contributed by atoms with Crippen LogP contribution in [0.15, 0.2) is 55.1 Å². The molecule has 3 rings (SSSR count). The molecular formula is C17H13FN4O2. The number of H-pyrrole nitrogens is 1. The molecule has 2 amide bonds. The van der Waals surface area contributed by atoms with Gasteiger partial charge in [-0.1, -0.05) is 6.58 Å². The zero-order chi connectivity index (χ0) is 17.1. The molecule has 0 radical (unpaired) electrons. The summed E-state index contributed by atoms with van der Waals surface area (Å²) in [5, 5.41) is 12.6. The van der Waals surface area contributed by atoms with Crippen LogP contribution in [0.5, 0.6) is 0 Å². The molecule has 3 aromatic rings. The van der Waals surface area contributed by atoms with E-state index in [1.807, 2.05) is 0 Å². The summed E-state index contributed by atoms with van der Waals surface area (Å²) in [6, 6.07) is 10.4. The average Bonchev–Trinajstić information content (AvgIpc) is 3.00. The van der Waals surface area contributed by atoms with E-state index >= 15 is 0 Å². The maximum atomic E-state index is 12.9. The number of nitrogens with zero attached hydrogens (tertiary/aromatic N) is 1. The zero-order valence-corrected chi connectivity index (χ0v) is 12.5. The van der Waals surface area contributed by atoms with Gasteiger partial charge in [0.15, 0.2) is 5.69 Å².